The van der Waals surface area contributed by atoms with Crippen molar-refractivity contribution in [1.29, 1.82) is 0 Å². The van der Waals surface area contributed by atoms with Gasteiger partial charge in [0.25, 0.3) is 0 Å². The number of nitrogens with one attached hydrogen (secondary N) is 8. The number of nitrogens with two attached hydrogens (primary N) is 2. The monoisotopic (exact) mass is 1590 g/mol. The summed E-state index contributed by atoms with van der Waals surface area (Å²) in [4.78, 5) is 118. The number of aliphatic hydroxyl groups is 5. The third kappa shape index (κ3) is 19.8. The predicted molar refractivity (Wildman–Crippen MR) is 398 cm³/mol. The lowest BCUT2D eigenvalue weighted by atomic mass is 9.86. The molecule has 33 nitrogen and oxygen atoms in total. The van der Waals surface area contributed by atoms with Crippen molar-refractivity contribution in [2.24, 2.45) is 17.4 Å². The first-order valence-corrected chi connectivity index (χ1v) is 37.5. The molecule has 0 saturated carbocycles. The highest BCUT2D eigenvalue weighted by atomic mass is 35.5. The van der Waals surface area contributed by atoms with Crippen LogP contribution in [-0.2, 0) is 52.6 Å². The Balaban J connectivity index is 1.21. The van der Waals surface area contributed by atoms with E-state index in [0.29, 0.717) is 6.54 Å². The number of amides is 7. The van der Waals surface area contributed by atoms with Crippen LogP contribution in [0.25, 0.3) is 11.1 Å². The minimum atomic E-state index is -2.32. The van der Waals surface area contributed by atoms with Crippen molar-refractivity contribution in [3.63, 3.8) is 0 Å². The van der Waals surface area contributed by atoms with Gasteiger partial charge < -0.3 is 128 Å². The Labute approximate surface area is 648 Å². The lowest BCUT2D eigenvalue weighted by Gasteiger charge is -2.47. The molecule has 602 valence electrons. The van der Waals surface area contributed by atoms with Crippen LogP contribution in [0.5, 0.6) is 46.0 Å². The van der Waals surface area contributed by atoms with Crippen molar-refractivity contribution in [2.75, 3.05) is 20.1 Å². The van der Waals surface area contributed by atoms with Gasteiger partial charge >= 0.3 is 5.97 Å². The Hall–Kier alpha value is -9.20. The average Bonchev–Trinajstić information content (AvgIpc) is 0.767. The Morgan fingerprint density at radius 2 is 1.29 bits per heavy atom. The van der Waals surface area contributed by atoms with Crippen molar-refractivity contribution < 1.29 is 113 Å². The SMILES string of the molecule is CCCCCCCCCCNCC1OC(Oc2c3cc4cc2Oc2ccc(cc2Cl)C(O)C2NC(=O)C(NC(=O)C4NC(=O)C(CC(N)=O)NC(=O)C(NC(=O)C(CC(C)C)NC)C(O)c4ccc(c(Cl)c4)O3)c3ccc(O)c(c3)-c3c(O)cc(O)cc3C(C(=O)O)NC2=O)C(OC2CC(C)(N)C(O)C(C)O2)C(O)C1O. The molecular weight excluding hydrogens is 1490 g/mol. The summed E-state index contributed by atoms with van der Waals surface area (Å²) in [6.07, 6.45) is -9.36. The number of halogens is 2. The molecule has 35 heteroatoms. The molecule has 18 atom stereocenters. The fraction of sp³-hybridized carbons (Fsp3) is 0.500. The highest BCUT2D eigenvalue weighted by Crippen LogP contribution is 2.50. The number of hydrogen-bond acceptors (Lipinski definition) is 25. The molecular formula is C76H96Cl2N10O23. The van der Waals surface area contributed by atoms with Crippen LogP contribution in [0.2, 0.25) is 10.0 Å². The van der Waals surface area contributed by atoms with Gasteiger partial charge in [-0.05, 0) is 123 Å². The summed E-state index contributed by atoms with van der Waals surface area (Å²) in [6, 6.07) is -0.0973. The zero-order valence-corrected chi connectivity index (χ0v) is 63.3. The number of phenols is 3. The fourth-order valence-corrected chi connectivity index (χ4v) is 14.6. The molecule has 2 saturated heterocycles. The normalized spacial score (nSPS) is 27.9. The third-order valence-electron chi connectivity index (χ3n) is 20.1. The van der Waals surface area contributed by atoms with Gasteiger partial charge in [0.05, 0.1) is 34.7 Å². The quantitative estimate of drug-likeness (QED) is 0.0413. The molecule has 5 aromatic carbocycles. The maximum Gasteiger partial charge on any atom is 0.330 e. The maximum atomic E-state index is 16.2. The number of carbonyl (C=O) groups excluding carboxylic acids is 7. The van der Waals surface area contributed by atoms with Gasteiger partial charge in [0.1, 0.15) is 89.5 Å². The van der Waals surface area contributed by atoms with E-state index in [-0.39, 0.29) is 58.5 Å². The molecule has 0 aromatic heterocycles. The van der Waals surface area contributed by atoms with Crippen LogP contribution in [0.1, 0.15) is 163 Å². The molecule has 21 N–H and O–H groups in total. The first-order valence-electron chi connectivity index (χ1n) is 36.7. The number of rotatable bonds is 23. The molecule has 5 aromatic rings. The van der Waals surface area contributed by atoms with Crippen molar-refractivity contribution in [2.45, 2.75) is 214 Å². The molecule has 7 aliphatic rings. The second kappa shape index (κ2) is 36.5. The second-order valence-corrected chi connectivity index (χ2v) is 30.0. The zero-order valence-electron chi connectivity index (χ0n) is 61.7. The summed E-state index contributed by atoms with van der Waals surface area (Å²) < 4.78 is 39.8. The van der Waals surface area contributed by atoms with Crippen molar-refractivity contribution in [3.8, 4) is 57.1 Å². The number of carbonyl (C=O) groups is 8. The molecule has 0 radical (unpaired) electrons. The van der Waals surface area contributed by atoms with Crippen LogP contribution < -0.4 is 68.2 Å². The van der Waals surface area contributed by atoms with Gasteiger partial charge in [0.15, 0.2) is 29.9 Å². The summed E-state index contributed by atoms with van der Waals surface area (Å²) in [7, 11) is 1.49. The topological polar surface area (TPSA) is 522 Å². The smallest absolute Gasteiger partial charge is 0.330 e. The van der Waals surface area contributed by atoms with Gasteiger partial charge in [-0.2, -0.15) is 0 Å². The van der Waals surface area contributed by atoms with Crippen LogP contribution in [-0.4, -0.2) is 192 Å². The highest BCUT2D eigenvalue weighted by molar-refractivity contribution is 6.32. The Kier molecular flexibility index (Phi) is 27.7. The van der Waals surface area contributed by atoms with Crippen LogP contribution in [0.4, 0.5) is 0 Å². The largest absolute Gasteiger partial charge is 0.508 e. The first kappa shape index (κ1) is 84.3. The number of aliphatic hydroxyl groups excluding tert-OH is 5. The van der Waals surface area contributed by atoms with E-state index in [1.54, 1.807) is 6.92 Å². The third-order valence-corrected chi connectivity index (χ3v) is 20.7. The van der Waals surface area contributed by atoms with Crippen LogP contribution in [0.15, 0.2) is 78.9 Å². The van der Waals surface area contributed by atoms with Crippen LogP contribution in [0, 0.1) is 5.92 Å². The molecule has 2 fully saturated rings. The number of benzene rings is 5. The Bertz CT molecular complexity index is 4270. The number of likely N-dealkylation sites (N-methyl/N-ethyl adjacent to an activating group) is 1. The zero-order chi connectivity index (χ0) is 80.6. The van der Waals surface area contributed by atoms with E-state index in [9.17, 15) is 69.9 Å². The Morgan fingerprint density at radius 3 is 1.89 bits per heavy atom. The molecule has 11 bridgehead atoms. The standard InChI is InChI=1S/C76H96Cl2N10O23/c1-7-8-9-10-11-12-13-14-21-82-32-52-63(95)64(96)66(110-54-31-76(5,80)67(97)34(4)106-54)75(109-52)111-65-50-26-38-27-51(65)108-49-20-17-37(25-43(49)78)62(94)60-73(103)86-58(74(104)105)41-28-39(89)29-47(91)55(41)40-23-35(15-18-46(40)90)56(70(100)88-60)85-71(101)57(38)84-69(99)45(30-53(79)92)83-72(102)59(87-68(98)44(81-6)22-33(2)3)61(93)36-16-19-48(107-50)42(77)24-36/h15-20,23-29,33-34,44-45,52,54,56-64,66-67,75,81-82,89-91,93-97H,7-14,21-22,30-32,80H2,1-6H3,(H2,79,92)(H,83,102)(H,84,99)(H,85,101)(H,86,103)(H,87,98)(H,88,100)(H,104,105). The number of unbranched alkanes of at least 4 members (excludes halogenated alkanes) is 7. The molecule has 7 heterocycles. The molecule has 0 spiro atoms. The number of ether oxygens (including phenoxy) is 6. The number of fused-ring (bicyclic) bond motifs is 15. The minimum absolute atomic E-state index is 0.0920. The second-order valence-electron chi connectivity index (χ2n) is 29.2. The van der Waals surface area contributed by atoms with Gasteiger partial charge in [0.2, 0.25) is 53.4 Å². The van der Waals surface area contributed by atoms with E-state index in [0.717, 1.165) is 99.9 Å². The van der Waals surface area contributed by atoms with Gasteiger partial charge in [-0.1, -0.05) is 107 Å². The average molecular weight is 1590 g/mol. The minimum Gasteiger partial charge on any atom is -0.508 e. The summed E-state index contributed by atoms with van der Waals surface area (Å²) in [5.74, 6) is -15.5. The number of phenolic OH excluding ortho intramolecular Hbond substituents is 3. The summed E-state index contributed by atoms with van der Waals surface area (Å²) in [5, 5.41) is 125. The lowest BCUT2D eigenvalue weighted by Crippen LogP contribution is -2.65. The molecule has 7 aliphatic heterocycles. The number of primary amides is 1. The van der Waals surface area contributed by atoms with E-state index in [1.165, 1.54) is 44.3 Å². The number of hydrogen-bond donors (Lipinski definition) is 19. The van der Waals surface area contributed by atoms with Gasteiger partial charge in [0, 0.05) is 41.3 Å². The van der Waals surface area contributed by atoms with Crippen molar-refractivity contribution >= 4 is 70.5 Å². The molecule has 18 unspecified atom stereocenters. The molecule has 111 heavy (non-hydrogen) atoms. The van der Waals surface area contributed by atoms with Crippen molar-refractivity contribution in [3.05, 3.63) is 117 Å². The van der Waals surface area contributed by atoms with Gasteiger partial charge in [-0.3, -0.25) is 33.6 Å². The van der Waals surface area contributed by atoms with Crippen LogP contribution >= 0.6 is 23.2 Å². The summed E-state index contributed by atoms with van der Waals surface area (Å²) >= 11 is 14.3. The predicted octanol–water partition coefficient (Wildman–Crippen LogP) is 3.84. The van der Waals surface area contributed by atoms with Crippen LogP contribution in [0.3, 0.4) is 0 Å². The van der Waals surface area contributed by atoms with Gasteiger partial charge in [-0.15, -0.1) is 0 Å². The maximum absolute atomic E-state index is 16.2. The fourth-order valence-electron chi connectivity index (χ4n) is 14.1. The first-order chi connectivity index (χ1) is 52.7. The highest BCUT2D eigenvalue weighted by Gasteiger charge is 2.52. The van der Waals surface area contributed by atoms with E-state index >= 15 is 14.4 Å². The van der Waals surface area contributed by atoms with E-state index in [4.69, 9.17) is 63.1 Å². The molecule has 7 amide bonds. The Morgan fingerprint density at radius 1 is 0.685 bits per heavy atom. The molecule has 12 rings (SSSR count). The number of carboxylic acid groups (broad SMARTS) is 1. The molecule has 0 aliphatic carbocycles. The number of aliphatic carboxylic acids is 1. The summed E-state index contributed by atoms with van der Waals surface area (Å²) in [6.45, 7) is 9.25. The number of aromatic hydroxyl groups is 3. The van der Waals surface area contributed by atoms with Gasteiger partial charge in [-0.25, -0.2) is 4.79 Å². The summed E-state index contributed by atoms with van der Waals surface area (Å²) in [5.41, 5.74) is 8.37. The van der Waals surface area contributed by atoms with E-state index in [2.05, 4.69) is 49.5 Å². The number of carboxylic acids is 1. The van der Waals surface area contributed by atoms with E-state index < -0.39 is 225 Å². The van der Waals surface area contributed by atoms with Crippen molar-refractivity contribution in [1.82, 2.24) is 42.5 Å². The lowest BCUT2D eigenvalue weighted by molar-refractivity contribution is -0.330. The van der Waals surface area contributed by atoms with E-state index in [1.807, 2.05) is 13.8 Å².